The molecule has 0 fully saturated rings. The Kier molecular flexibility index (Phi) is 4.08. The van der Waals surface area contributed by atoms with Crippen molar-refractivity contribution in [3.05, 3.63) is 106 Å². The highest BCUT2D eigenvalue weighted by Gasteiger charge is 2.49. The van der Waals surface area contributed by atoms with Crippen LogP contribution in [-0.4, -0.2) is 5.97 Å². The molecule has 0 amide bonds. The molecule has 0 saturated heterocycles. The molecule has 0 saturated carbocycles. The molecule has 30 heavy (non-hydrogen) atoms. The van der Waals surface area contributed by atoms with Gasteiger partial charge >= 0.3 is 5.97 Å². The van der Waals surface area contributed by atoms with Crippen molar-refractivity contribution in [3.63, 3.8) is 0 Å². The van der Waals surface area contributed by atoms with Crippen molar-refractivity contribution in [2.24, 2.45) is 5.92 Å². The van der Waals surface area contributed by atoms with Gasteiger partial charge < -0.3 is 4.74 Å². The van der Waals surface area contributed by atoms with Gasteiger partial charge in [-0.2, -0.15) is 0 Å². The van der Waals surface area contributed by atoms with Crippen LogP contribution in [0.2, 0.25) is 0 Å². The van der Waals surface area contributed by atoms with Gasteiger partial charge in [0.25, 0.3) is 0 Å². The number of rotatable bonds is 1. The second kappa shape index (κ2) is 6.83. The molecule has 4 aromatic rings. The van der Waals surface area contributed by atoms with Crippen LogP contribution in [0.4, 0.5) is 0 Å². The van der Waals surface area contributed by atoms with Crippen LogP contribution in [0.1, 0.15) is 27.9 Å². The minimum absolute atomic E-state index is 0.0258. The van der Waals surface area contributed by atoms with Crippen LogP contribution in [-0.2, 0) is 4.79 Å². The molecule has 3 nitrogen and oxygen atoms in total. The maximum Gasteiger partial charge on any atom is 0.316 e. The van der Waals surface area contributed by atoms with E-state index in [9.17, 15) is 9.59 Å². The quantitative estimate of drug-likeness (QED) is 0.285. The lowest BCUT2D eigenvalue weighted by molar-refractivity contribution is -0.141. The number of para-hydroxylation sites is 1. The van der Waals surface area contributed by atoms with Crippen LogP contribution in [0.25, 0.3) is 10.1 Å². The van der Waals surface area contributed by atoms with Crippen LogP contribution in [0, 0.1) is 5.92 Å². The molecule has 146 valence electrons. The predicted octanol–water partition coefficient (Wildman–Crippen LogP) is 5.78. The van der Waals surface area contributed by atoms with Crippen molar-refractivity contribution in [2.75, 3.05) is 0 Å². The van der Waals surface area contributed by atoms with E-state index in [4.69, 9.17) is 4.74 Å². The summed E-state index contributed by atoms with van der Waals surface area (Å²) >= 11 is 3.27. The molecule has 6 rings (SSSR count). The molecule has 0 radical (unpaired) electrons. The molecule has 5 heteroatoms. The Morgan fingerprint density at radius 2 is 1.53 bits per heavy atom. The first kappa shape index (κ1) is 17.9. The monoisotopic (exact) mass is 428 g/mol. The molecular formula is C25H16O3S2. The Labute approximate surface area is 181 Å². The topological polar surface area (TPSA) is 43.4 Å². The van der Waals surface area contributed by atoms with Gasteiger partial charge in [-0.05, 0) is 23.8 Å². The van der Waals surface area contributed by atoms with Crippen molar-refractivity contribution in [2.45, 2.75) is 15.4 Å². The first-order valence-corrected chi connectivity index (χ1v) is 11.5. The number of ether oxygens (including phenoxy) is 1. The van der Waals surface area contributed by atoms with Gasteiger partial charge in [0.2, 0.25) is 0 Å². The molecule has 0 bridgehead atoms. The summed E-state index contributed by atoms with van der Waals surface area (Å²) in [6.07, 6.45) is 0. The number of esters is 1. The van der Waals surface area contributed by atoms with Gasteiger partial charge in [0.1, 0.15) is 5.75 Å². The van der Waals surface area contributed by atoms with Crippen LogP contribution in [0.15, 0.2) is 87.9 Å². The first-order chi connectivity index (χ1) is 14.7. The minimum atomic E-state index is -0.444. The summed E-state index contributed by atoms with van der Waals surface area (Å²) in [4.78, 5) is 26.9. The Bertz CT molecular complexity index is 1360. The van der Waals surface area contributed by atoms with Crippen LogP contribution >= 0.6 is 23.1 Å². The zero-order valence-corrected chi connectivity index (χ0v) is 17.4. The van der Waals surface area contributed by atoms with Gasteiger partial charge in [0.05, 0.1) is 10.1 Å². The van der Waals surface area contributed by atoms with Gasteiger partial charge in [-0.15, -0.1) is 23.1 Å². The van der Waals surface area contributed by atoms with Crippen molar-refractivity contribution < 1.29 is 9.53 Å². The zero-order valence-electron chi connectivity index (χ0n) is 15.8. The summed E-state index contributed by atoms with van der Waals surface area (Å²) in [5, 5.41) is 0.608. The third-order valence-corrected chi connectivity index (χ3v) is 8.67. The number of carbonyl (C=O) groups is 1. The molecule has 1 aromatic heterocycles. The number of fused-ring (bicyclic) bond motifs is 6. The molecular weight excluding hydrogens is 412 g/mol. The van der Waals surface area contributed by atoms with E-state index in [-0.39, 0.29) is 22.6 Å². The lowest BCUT2D eigenvalue weighted by Crippen LogP contribution is -2.39. The molecule has 0 aliphatic carbocycles. The van der Waals surface area contributed by atoms with Crippen molar-refractivity contribution >= 4 is 39.2 Å². The summed E-state index contributed by atoms with van der Waals surface area (Å²) in [7, 11) is 0. The largest absolute Gasteiger partial charge is 0.426 e. The highest BCUT2D eigenvalue weighted by Crippen LogP contribution is 2.59. The maximum atomic E-state index is 13.6. The number of hydrogen-bond donors (Lipinski definition) is 0. The second-order valence-corrected chi connectivity index (χ2v) is 10.0. The van der Waals surface area contributed by atoms with Gasteiger partial charge in [-0.3, -0.25) is 9.59 Å². The summed E-state index contributed by atoms with van der Waals surface area (Å²) in [6, 6.07) is 25.4. The average molecular weight is 429 g/mol. The molecule has 3 aromatic carbocycles. The van der Waals surface area contributed by atoms with E-state index >= 15 is 0 Å². The van der Waals surface area contributed by atoms with Crippen LogP contribution < -0.4 is 10.2 Å². The van der Waals surface area contributed by atoms with E-state index < -0.39 is 5.92 Å². The summed E-state index contributed by atoms with van der Waals surface area (Å²) in [6.45, 7) is 0. The molecule has 0 spiro atoms. The van der Waals surface area contributed by atoms with Gasteiger partial charge in [-0.1, -0.05) is 60.7 Å². The third kappa shape index (κ3) is 2.59. The smallest absolute Gasteiger partial charge is 0.316 e. The number of carbonyl (C=O) groups excluding carboxylic acids is 1. The van der Waals surface area contributed by atoms with Crippen LogP contribution in [0.5, 0.6) is 5.75 Å². The van der Waals surface area contributed by atoms with Gasteiger partial charge in [-0.25, -0.2) is 0 Å². The van der Waals surface area contributed by atoms with Crippen molar-refractivity contribution in [1.82, 2.24) is 0 Å². The Morgan fingerprint density at radius 3 is 2.40 bits per heavy atom. The Morgan fingerprint density at radius 1 is 0.800 bits per heavy atom. The SMILES string of the molecule is O=C1Oc2ccccc2[C@@H]2c3c(sc4ccccc4c3=O)S[C@H](c3ccccc3)[C@@H]12. The summed E-state index contributed by atoms with van der Waals surface area (Å²) in [5.74, 6) is -0.452. The number of benzene rings is 3. The van der Waals surface area contributed by atoms with Crippen LogP contribution in [0.3, 0.4) is 0 Å². The fourth-order valence-corrected chi connectivity index (χ4v) is 7.57. The highest BCUT2D eigenvalue weighted by atomic mass is 32.2. The highest BCUT2D eigenvalue weighted by molar-refractivity contribution is 8.01. The minimum Gasteiger partial charge on any atom is -0.426 e. The predicted molar refractivity (Wildman–Crippen MR) is 121 cm³/mol. The zero-order chi connectivity index (χ0) is 20.2. The van der Waals surface area contributed by atoms with Gasteiger partial charge in [0.15, 0.2) is 5.43 Å². The Balaban J connectivity index is 1.68. The fraction of sp³-hybridized carbons (Fsp3) is 0.120. The number of hydrogen-bond acceptors (Lipinski definition) is 5. The third-order valence-electron chi connectivity index (χ3n) is 5.89. The molecule has 2 aliphatic rings. The van der Waals surface area contributed by atoms with E-state index in [1.54, 1.807) is 23.1 Å². The van der Waals surface area contributed by atoms with E-state index in [0.29, 0.717) is 5.75 Å². The van der Waals surface area contributed by atoms with Crippen molar-refractivity contribution in [1.29, 1.82) is 0 Å². The average Bonchev–Trinajstić information content (AvgIpc) is 2.79. The molecule has 0 unspecified atom stereocenters. The van der Waals surface area contributed by atoms with E-state index in [2.05, 4.69) is 12.1 Å². The lowest BCUT2D eigenvalue weighted by Gasteiger charge is -2.40. The maximum absolute atomic E-state index is 13.6. The van der Waals surface area contributed by atoms with Crippen molar-refractivity contribution in [3.8, 4) is 5.75 Å². The summed E-state index contributed by atoms with van der Waals surface area (Å²) < 4.78 is 7.72. The second-order valence-electron chi connectivity index (χ2n) is 7.54. The standard InChI is InChI=1S/C25H16O3S2/c26-22-16-11-5-7-13-18(16)29-25-20(22)19-15-10-4-6-12-17(15)28-24(27)21(19)23(30-25)14-8-2-1-3-9-14/h1-13,19,21,23H/t19-,21+,23-/m1/s1. The van der Waals surface area contributed by atoms with E-state index in [0.717, 1.165) is 31.0 Å². The normalized spacial score (nSPS) is 22.0. The lowest BCUT2D eigenvalue weighted by atomic mass is 9.75. The fourth-order valence-electron chi connectivity index (χ4n) is 4.57. The molecule has 3 atom stereocenters. The number of thioether (sulfide) groups is 1. The molecule has 0 N–H and O–H groups in total. The first-order valence-electron chi connectivity index (χ1n) is 9.80. The van der Waals surface area contributed by atoms with E-state index in [1.165, 1.54) is 0 Å². The molecule has 2 aliphatic heterocycles. The Hall–Kier alpha value is -2.89. The molecule has 3 heterocycles. The van der Waals surface area contributed by atoms with Gasteiger partial charge in [0, 0.05) is 32.4 Å². The summed E-state index contributed by atoms with van der Waals surface area (Å²) in [5.41, 5.74) is 2.76. The van der Waals surface area contributed by atoms with E-state index in [1.807, 2.05) is 66.7 Å².